The summed E-state index contributed by atoms with van der Waals surface area (Å²) in [7, 11) is -1.33. The molecule has 0 radical (unpaired) electrons. The predicted molar refractivity (Wildman–Crippen MR) is 111 cm³/mol. The van der Waals surface area contributed by atoms with Crippen LogP contribution in [0.2, 0.25) is 0 Å². The van der Waals surface area contributed by atoms with Gasteiger partial charge in [0.15, 0.2) is 5.96 Å². The molecule has 0 spiro atoms. The van der Waals surface area contributed by atoms with Crippen molar-refractivity contribution in [2.75, 3.05) is 25.9 Å². The summed E-state index contributed by atoms with van der Waals surface area (Å²) >= 11 is 0. The van der Waals surface area contributed by atoms with E-state index in [2.05, 4.69) is 46.0 Å². The molecule has 0 atom stereocenters. The Labute approximate surface area is 161 Å². The molecule has 146 valence electrons. The molecule has 3 rings (SSSR count). The van der Waals surface area contributed by atoms with E-state index >= 15 is 0 Å². The Hall–Kier alpha value is -2.12. The minimum Gasteiger partial charge on any atom is -0.354 e. The maximum atomic E-state index is 12.0. The van der Waals surface area contributed by atoms with Gasteiger partial charge in [0.25, 0.3) is 0 Å². The van der Waals surface area contributed by atoms with Gasteiger partial charge in [0.2, 0.25) is 10.0 Å². The molecule has 1 heterocycles. The Morgan fingerprint density at radius 2 is 1.85 bits per heavy atom. The monoisotopic (exact) mass is 388 g/mol. The molecule has 0 bridgehead atoms. The first-order chi connectivity index (χ1) is 13.0. The third-order valence-electron chi connectivity index (χ3n) is 5.05. The number of aliphatic imine (C=N–C) groups is 1. The Morgan fingerprint density at radius 3 is 2.52 bits per heavy atom. The van der Waals surface area contributed by atoms with Crippen molar-refractivity contribution < 1.29 is 8.42 Å². The fourth-order valence-corrected chi connectivity index (χ4v) is 4.52. The summed E-state index contributed by atoms with van der Waals surface area (Å²) in [6.07, 6.45) is 1.58. The number of fused-ring (bicyclic) bond motifs is 1. The second kappa shape index (κ2) is 8.71. The van der Waals surface area contributed by atoms with E-state index in [0.717, 1.165) is 18.8 Å². The van der Waals surface area contributed by atoms with E-state index in [1.807, 2.05) is 12.1 Å². The number of guanidine groups is 1. The normalized spacial score (nSPS) is 17.2. The van der Waals surface area contributed by atoms with Crippen LogP contribution in [0.3, 0.4) is 0 Å². The van der Waals surface area contributed by atoms with Gasteiger partial charge in [-0.15, -0.1) is 0 Å². The maximum Gasteiger partial charge on any atom is 0.213 e. The van der Waals surface area contributed by atoms with Crippen molar-refractivity contribution in [1.82, 2.24) is 14.9 Å². The van der Waals surface area contributed by atoms with Crippen molar-refractivity contribution in [2.45, 2.75) is 32.4 Å². The molecule has 1 aliphatic heterocycles. The van der Waals surface area contributed by atoms with Gasteiger partial charge in [-0.25, -0.2) is 12.7 Å². The molecule has 2 aromatic rings. The van der Waals surface area contributed by atoms with Crippen molar-refractivity contribution in [3.05, 3.63) is 48.0 Å². The van der Waals surface area contributed by atoms with Gasteiger partial charge in [-0.2, -0.15) is 0 Å². The van der Waals surface area contributed by atoms with Crippen molar-refractivity contribution in [2.24, 2.45) is 4.99 Å². The number of piperidine rings is 1. The van der Waals surface area contributed by atoms with Gasteiger partial charge >= 0.3 is 0 Å². The number of hydrogen-bond donors (Lipinski definition) is 2. The molecule has 0 amide bonds. The lowest BCUT2D eigenvalue weighted by atomic mass is 10.1. The molecule has 2 N–H and O–H groups in total. The molecule has 1 aliphatic rings. The van der Waals surface area contributed by atoms with Crippen LogP contribution in [0.5, 0.6) is 0 Å². The molecule has 0 unspecified atom stereocenters. The summed E-state index contributed by atoms with van der Waals surface area (Å²) in [6.45, 7) is 3.51. The third-order valence-corrected chi connectivity index (χ3v) is 6.93. The molecular weight excluding hydrogens is 360 g/mol. The molecule has 1 fully saturated rings. The minimum atomic E-state index is -3.08. The summed E-state index contributed by atoms with van der Waals surface area (Å²) in [5, 5.41) is 9.24. The smallest absolute Gasteiger partial charge is 0.213 e. The number of hydrogen-bond acceptors (Lipinski definition) is 3. The van der Waals surface area contributed by atoms with Crippen LogP contribution in [0, 0.1) is 0 Å². The van der Waals surface area contributed by atoms with Crippen LogP contribution in [0.1, 0.15) is 25.3 Å². The van der Waals surface area contributed by atoms with Crippen molar-refractivity contribution in [1.29, 1.82) is 0 Å². The topological polar surface area (TPSA) is 73.8 Å². The van der Waals surface area contributed by atoms with Gasteiger partial charge in [0.1, 0.15) is 0 Å². The zero-order valence-corrected chi connectivity index (χ0v) is 16.8. The van der Waals surface area contributed by atoms with E-state index in [1.54, 1.807) is 18.3 Å². The van der Waals surface area contributed by atoms with E-state index < -0.39 is 10.0 Å². The van der Waals surface area contributed by atoms with Gasteiger partial charge in [0.05, 0.1) is 5.75 Å². The number of sulfonamides is 1. The number of nitrogens with one attached hydrogen (secondary N) is 2. The van der Waals surface area contributed by atoms with Crippen LogP contribution in [-0.2, 0) is 16.6 Å². The summed E-state index contributed by atoms with van der Waals surface area (Å²) < 4.78 is 25.5. The molecule has 7 heteroatoms. The highest BCUT2D eigenvalue weighted by atomic mass is 32.2. The lowest BCUT2D eigenvalue weighted by molar-refractivity contribution is 0.306. The molecule has 2 aromatic carbocycles. The van der Waals surface area contributed by atoms with Crippen molar-refractivity contribution in [3.8, 4) is 0 Å². The molecule has 27 heavy (non-hydrogen) atoms. The lowest BCUT2D eigenvalue weighted by Gasteiger charge is -2.32. The van der Waals surface area contributed by atoms with Crippen LogP contribution >= 0.6 is 0 Å². The Bertz CT molecular complexity index is 903. The Kier molecular flexibility index (Phi) is 6.34. The largest absolute Gasteiger partial charge is 0.354 e. The summed E-state index contributed by atoms with van der Waals surface area (Å²) in [5.41, 5.74) is 1.19. The molecule has 0 aromatic heterocycles. The predicted octanol–water partition coefficient (Wildman–Crippen LogP) is 2.32. The van der Waals surface area contributed by atoms with E-state index in [-0.39, 0.29) is 11.8 Å². The van der Waals surface area contributed by atoms with Gasteiger partial charge in [-0.1, -0.05) is 36.4 Å². The quantitative estimate of drug-likeness (QED) is 0.609. The second-order valence-electron chi connectivity index (χ2n) is 6.83. The van der Waals surface area contributed by atoms with Crippen LogP contribution in [0.4, 0.5) is 0 Å². The lowest BCUT2D eigenvalue weighted by Crippen LogP contribution is -2.49. The van der Waals surface area contributed by atoms with Crippen LogP contribution in [0.15, 0.2) is 47.5 Å². The van der Waals surface area contributed by atoms with Crippen molar-refractivity contribution in [3.63, 3.8) is 0 Å². The number of benzene rings is 2. The van der Waals surface area contributed by atoms with Crippen LogP contribution in [-0.4, -0.2) is 50.6 Å². The zero-order chi connectivity index (χ0) is 19.3. The molecule has 0 saturated carbocycles. The van der Waals surface area contributed by atoms with Gasteiger partial charge < -0.3 is 10.6 Å². The Morgan fingerprint density at radius 1 is 1.15 bits per heavy atom. The van der Waals surface area contributed by atoms with E-state index in [0.29, 0.717) is 19.6 Å². The average molecular weight is 389 g/mol. The molecule has 0 aliphatic carbocycles. The molecule has 1 saturated heterocycles. The van der Waals surface area contributed by atoms with Crippen LogP contribution < -0.4 is 10.6 Å². The standard InChI is InChI=1S/C20H28N4O2S/c1-3-27(25,26)24-12-10-19(11-13-24)23-20(21-2)22-15-16-8-9-17-6-4-5-7-18(17)14-16/h4-9,14,19H,3,10-13,15H2,1-2H3,(H2,21,22,23). The highest BCUT2D eigenvalue weighted by molar-refractivity contribution is 7.89. The molecule has 6 nitrogen and oxygen atoms in total. The van der Waals surface area contributed by atoms with Gasteiger partial charge in [-0.3, -0.25) is 4.99 Å². The van der Waals surface area contributed by atoms with Gasteiger partial charge in [0, 0.05) is 32.7 Å². The Balaban J connectivity index is 1.52. The number of rotatable bonds is 5. The van der Waals surface area contributed by atoms with E-state index in [1.165, 1.54) is 16.3 Å². The second-order valence-corrected chi connectivity index (χ2v) is 9.08. The fourth-order valence-electron chi connectivity index (χ4n) is 3.38. The van der Waals surface area contributed by atoms with E-state index in [9.17, 15) is 8.42 Å². The number of nitrogens with zero attached hydrogens (tertiary/aromatic N) is 2. The SMILES string of the molecule is CCS(=O)(=O)N1CCC(NC(=NC)NCc2ccc3ccccc3c2)CC1. The van der Waals surface area contributed by atoms with Gasteiger partial charge in [-0.05, 0) is 42.2 Å². The zero-order valence-electron chi connectivity index (χ0n) is 16.0. The first kappa shape index (κ1) is 19.6. The average Bonchev–Trinajstić information content (AvgIpc) is 2.71. The summed E-state index contributed by atoms with van der Waals surface area (Å²) in [5.74, 6) is 0.917. The fraction of sp³-hybridized carbons (Fsp3) is 0.450. The summed E-state index contributed by atoms with van der Waals surface area (Å²) in [6, 6.07) is 15.0. The highest BCUT2D eigenvalue weighted by Gasteiger charge is 2.26. The third kappa shape index (κ3) is 4.99. The maximum absolute atomic E-state index is 12.0. The van der Waals surface area contributed by atoms with Crippen LogP contribution in [0.25, 0.3) is 10.8 Å². The minimum absolute atomic E-state index is 0.167. The molecular formula is C20H28N4O2S. The van der Waals surface area contributed by atoms with Crippen molar-refractivity contribution >= 4 is 26.8 Å². The highest BCUT2D eigenvalue weighted by Crippen LogP contribution is 2.16. The summed E-state index contributed by atoms with van der Waals surface area (Å²) in [4.78, 5) is 4.31. The van der Waals surface area contributed by atoms with E-state index in [4.69, 9.17) is 0 Å². The first-order valence-electron chi connectivity index (χ1n) is 9.44. The first-order valence-corrected chi connectivity index (χ1v) is 11.1.